The molecule has 108 valence electrons. The summed E-state index contributed by atoms with van der Waals surface area (Å²) in [6, 6.07) is 5.46. The number of hydrogen-bond donors (Lipinski definition) is 3. The van der Waals surface area contributed by atoms with Crippen molar-refractivity contribution in [2.45, 2.75) is 6.42 Å². The lowest BCUT2D eigenvalue weighted by Crippen LogP contribution is -2.34. The van der Waals surface area contributed by atoms with Crippen molar-refractivity contribution in [1.29, 1.82) is 0 Å². The highest BCUT2D eigenvalue weighted by Gasteiger charge is 2.10. The van der Waals surface area contributed by atoms with Gasteiger partial charge < -0.3 is 20.6 Å². The van der Waals surface area contributed by atoms with Gasteiger partial charge in [0.2, 0.25) is 5.91 Å². The number of benzene rings is 1. The number of anilines is 1. The van der Waals surface area contributed by atoms with Crippen molar-refractivity contribution in [2.24, 2.45) is 0 Å². The number of carboxylic acids is 1. The second-order valence-corrected chi connectivity index (χ2v) is 4.16. The summed E-state index contributed by atoms with van der Waals surface area (Å²) in [7, 11) is 3.11. The van der Waals surface area contributed by atoms with E-state index >= 15 is 0 Å². The van der Waals surface area contributed by atoms with Gasteiger partial charge in [0.25, 0.3) is 0 Å². The van der Waals surface area contributed by atoms with E-state index in [0.717, 1.165) is 0 Å². The SMILES string of the molecule is CNC(=O)CCN(C)C(=O)Nc1ccc(C(=O)O)cc1. The molecule has 0 spiro atoms. The minimum atomic E-state index is -1.02. The van der Waals surface area contributed by atoms with Crippen molar-refractivity contribution in [3.05, 3.63) is 29.8 Å². The molecular formula is C13H17N3O4. The molecule has 3 amide bonds. The maximum atomic E-state index is 11.8. The van der Waals surface area contributed by atoms with Crippen molar-refractivity contribution >= 4 is 23.6 Å². The zero-order valence-electron chi connectivity index (χ0n) is 11.3. The van der Waals surface area contributed by atoms with Gasteiger partial charge in [-0.3, -0.25) is 4.79 Å². The molecule has 0 unspecified atom stereocenters. The molecule has 0 aliphatic rings. The lowest BCUT2D eigenvalue weighted by Gasteiger charge is -2.17. The van der Waals surface area contributed by atoms with E-state index in [-0.39, 0.29) is 23.9 Å². The fourth-order valence-corrected chi connectivity index (χ4v) is 1.41. The first-order valence-corrected chi connectivity index (χ1v) is 6.00. The smallest absolute Gasteiger partial charge is 0.335 e. The summed E-state index contributed by atoms with van der Waals surface area (Å²) in [6.07, 6.45) is 0.221. The van der Waals surface area contributed by atoms with Gasteiger partial charge >= 0.3 is 12.0 Å². The van der Waals surface area contributed by atoms with Crippen LogP contribution in [0.15, 0.2) is 24.3 Å². The molecule has 1 rings (SSSR count). The molecule has 1 aromatic rings. The first-order chi connectivity index (χ1) is 9.43. The Morgan fingerprint density at radius 1 is 1.20 bits per heavy atom. The van der Waals surface area contributed by atoms with Gasteiger partial charge in [0, 0.05) is 32.7 Å². The summed E-state index contributed by atoms with van der Waals surface area (Å²) >= 11 is 0. The van der Waals surface area contributed by atoms with E-state index in [1.165, 1.54) is 36.2 Å². The van der Waals surface area contributed by atoms with Crippen LogP contribution in [-0.4, -0.2) is 48.6 Å². The van der Waals surface area contributed by atoms with E-state index in [0.29, 0.717) is 12.2 Å². The number of rotatable bonds is 5. The topological polar surface area (TPSA) is 98.7 Å². The van der Waals surface area contributed by atoms with E-state index in [1.54, 1.807) is 7.05 Å². The summed E-state index contributed by atoms with van der Waals surface area (Å²) in [5, 5.41) is 13.8. The molecule has 0 atom stereocenters. The second-order valence-electron chi connectivity index (χ2n) is 4.16. The van der Waals surface area contributed by atoms with E-state index in [9.17, 15) is 14.4 Å². The summed E-state index contributed by atoms with van der Waals surface area (Å²) in [5.74, 6) is -1.17. The van der Waals surface area contributed by atoms with Crippen LogP contribution < -0.4 is 10.6 Å². The van der Waals surface area contributed by atoms with Gasteiger partial charge in [0.15, 0.2) is 0 Å². The number of hydrogen-bond acceptors (Lipinski definition) is 3. The second kappa shape index (κ2) is 7.13. The van der Waals surface area contributed by atoms with Crippen molar-refractivity contribution in [2.75, 3.05) is 26.0 Å². The van der Waals surface area contributed by atoms with Gasteiger partial charge in [-0.05, 0) is 24.3 Å². The maximum absolute atomic E-state index is 11.8. The minimum Gasteiger partial charge on any atom is -0.478 e. The Bertz CT molecular complexity index is 499. The number of carbonyl (C=O) groups excluding carboxylic acids is 2. The molecule has 0 saturated carbocycles. The molecule has 0 bridgehead atoms. The number of amides is 3. The van der Waals surface area contributed by atoms with Crippen LogP contribution in [-0.2, 0) is 4.79 Å². The van der Waals surface area contributed by atoms with Gasteiger partial charge in [0.1, 0.15) is 0 Å². The Hall–Kier alpha value is -2.57. The van der Waals surface area contributed by atoms with Crippen molar-refractivity contribution < 1.29 is 19.5 Å². The fourth-order valence-electron chi connectivity index (χ4n) is 1.41. The zero-order chi connectivity index (χ0) is 15.1. The Labute approximate surface area is 116 Å². The highest BCUT2D eigenvalue weighted by Crippen LogP contribution is 2.10. The highest BCUT2D eigenvalue weighted by molar-refractivity contribution is 5.91. The third-order valence-corrected chi connectivity index (χ3v) is 2.68. The average molecular weight is 279 g/mol. The molecule has 0 aliphatic carbocycles. The van der Waals surface area contributed by atoms with Crippen LogP contribution in [0.2, 0.25) is 0 Å². The van der Waals surface area contributed by atoms with Crippen LogP contribution in [0.25, 0.3) is 0 Å². The molecule has 0 saturated heterocycles. The molecule has 20 heavy (non-hydrogen) atoms. The van der Waals surface area contributed by atoms with E-state index in [2.05, 4.69) is 10.6 Å². The Balaban J connectivity index is 2.52. The van der Waals surface area contributed by atoms with E-state index in [1.807, 2.05) is 0 Å². The van der Waals surface area contributed by atoms with Crippen LogP contribution >= 0.6 is 0 Å². The van der Waals surface area contributed by atoms with Crippen LogP contribution in [0.5, 0.6) is 0 Å². The summed E-state index contributed by atoms with van der Waals surface area (Å²) in [6.45, 7) is 0.290. The normalized spacial score (nSPS) is 9.70. The third-order valence-electron chi connectivity index (χ3n) is 2.68. The van der Waals surface area contributed by atoms with Crippen LogP contribution in [0.4, 0.5) is 10.5 Å². The van der Waals surface area contributed by atoms with Crippen molar-refractivity contribution in [3.8, 4) is 0 Å². The lowest BCUT2D eigenvalue weighted by atomic mass is 10.2. The molecule has 3 N–H and O–H groups in total. The minimum absolute atomic E-state index is 0.143. The molecule has 0 fully saturated rings. The molecule has 0 heterocycles. The number of nitrogens with one attached hydrogen (secondary N) is 2. The van der Waals surface area contributed by atoms with Crippen molar-refractivity contribution in [1.82, 2.24) is 10.2 Å². The zero-order valence-corrected chi connectivity index (χ0v) is 11.3. The number of carboxylic acid groups (broad SMARTS) is 1. The van der Waals surface area contributed by atoms with Gasteiger partial charge in [-0.1, -0.05) is 0 Å². The van der Waals surface area contributed by atoms with Gasteiger partial charge in [-0.15, -0.1) is 0 Å². The van der Waals surface area contributed by atoms with E-state index in [4.69, 9.17) is 5.11 Å². The van der Waals surface area contributed by atoms with Crippen LogP contribution in [0, 0.1) is 0 Å². The summed E-state index contributed by atoms with van der Waals surface area (Å²) in [5.41, 5.74) is 0.641. The quantitative estimate of drug-likeness (QED) is 0.748. The monoisotopic (exact) mass is 279 g/mol. The average Bonchev–Trinajstić information content (AvgIpc) is 2.44. The lowest BCUT2D eigenvalue weighted by molar-refractivity contribution is -0.120. The summed E-state index contributed by atoms with van der Waals surface area (Å²) in [4.78, 5) is 34.9. The Kier molecular flexibility index (Phi) is 5.52. The molecule has 0 aliphatic heterocycles. The predicted octanol–water partition coefficient (Wildman–Crippen LogP) is 0.985. The van der Waals surface area contributed by atoms with Crippen LogP contribution in [0.3, 0.4) is 0 Å². The maximum Gasteiger partial charge on any atom is 0.335 e. The Morgan fingerprint density at radius 2 is 1.80 bits per heavy atom. The van der Waals surface area contributed by atoms with E-state index < -0.39 is 5.97 Å². The van der Waals surface area contributed by atoms with Gasteiger partial charge in [0.05, 0.1) is 5.56 Å². The molecule has 0 radical (unpaired) electrons. The number of urea groups is 1. The number of carbonyl (C=O) groups is 3. The number of nitrogens with zero attached hydrogens (tertiary/aromatic N) is 1. The van der Waals surface area contributed by atoms with Crippen molar-refractivity contribution in [3.63, 3.8) is 0 Å². The highest BCUT2D eigenvalue weighted by atomic mass is 16.4. The van der Waals surface area contributed by atoms with Crippen LogP contribution in [0.1, 0.15) is 16.8 Å². The fraction of sp³-hybridized carbons (Fsp3) is 0.308. The standard InChI is InChI=1S/C13H17N3O4/c1-14-11(17)7-8-16(2)13(20)15-10-5-3-9(4-6-10)12(18)19/h3-6H,7-8H2,1-2H3,(H,14,17)(H,15,20)(H,18,19). The first kappa shape index (κ1) is 15.5. The predicted molar refractivity (Wildman–Crippen MR) is 73.7 cm³/mol. The molecule has 7 nitrogen and oxygen atoms in total. The molecule has 7 heteroatoms. The van der Waals surface area contributed by atoms with Gasteiger partial charge in [-0.2, -0.15) is 0 Å². The molecular weight excluding hydrogens is 262 g/mol. The largest absolute Gasteiger partial charge is 0.478 e. The molecule has 0 aromatic heterocycles. The molecule has 1 aromatic carbocycles. The first-order valence-electron chi connectivity index (χ1n) is 6.00. The number of aromatic carboxylic acids is 1. The Morgan fingerprint density at radius 3 is 2.30 bits per heavy atom. The summed E-state index contributed by atoms with van der Waals surface area (Å²) < 4.78 is 0. The third kappa shape index (κ3) is 4.60. The van der Waals surface area contributed by atoms with Gasteiger partial charge in [-0.25, -0.2) is 9.59 Å².